The van der Waals surface area contributed by atoms with Crippen LogP contribution in [0, 0.1) is 0 Å². The molecule has 0 radical (unpaired) electrons. The van der Waals surface area contributed by atoms with Crippen LogP contribution in [-0.2, 0) is 9.47 Å². The number of nitrogens with zero attached hydrogens (tertiary/aromatic N) is 5. The van der Waals surface area contributed by atoms with E-state index in [9.17, 15) is 4.79 Å². The monoisotopic (exact) mass is 386 g/mol. The number of anilines is 3. The fraction of sp³-hybridized carbons (Fsp3) is 0.444. The lowest BCUT2D eigenvalue weighted by molar-refractivity contribution is 0.121. The number of ether oxygens (including phenoxy) is 3. The Morgan fingerprint density at radius 3 is 2.57 bits per heavy atom. The van der Waals surface area contributed by atoms with Crippen LogP contribution >= 0.6 is 0 Å². The van der Waals surface area contributed by atoms with Crippen molar-refractivity contribution in [2.24, 2.45) is 5.73 Å². The Morgan fingerprint density at radius 1 is 1.11 bits per heavy atom. The zero-order chi connectivity index (χ0) is 19.3. The molecule has 0 unspecified atom stereocenters. The summed E-state index contributed by atoms with van der Waals surface area (Å²) in [6.07, 6.45) is 0.623. The van der Waals surface area contributed by atoms with Crippen LogP contribution in [0.1, 0.15) is 6.42 Å². The van der Waals surface area contributed by atoms with Crippen molar-refractivity contribution in [1.29, 1.82) is 0 Å². The topological polar surface area (TPSA) is 116 Å². The van der Waals surface area contributed by atoms with Crippen molar-refractivity contribution in [3.8, 4) is 6.01 Å². The minimum atomic E-state index is -0.694. The molecule has 4 rings (SSSR count). The molecule has 10 heteroatoms. The van der Waals surface area contributed by atoms with E-state index < -0.39 is 6.03 Å². The van der Waals surface area contributed by atoms with Crippen molar-refractivity contribution < 1.29 is 19.0 Å². The molecule has 3 heterocycles. The molecule has 2 aromatic rings. The van der Waals surface area contributed by atoms with Gasteiger partial charge in [-0.25, -0.2) is 9.69 Å². The van der Waals surface area contributed by atoms with E-state index in [-0.39, 0.29) is 18.1 Å². The molecule has 10 nitrogen and oxygen atoms in total. The Morgan fingerprint density at radius 2 is 1.89 bits per heavy atom. The summed E-state index contributed by atoms with van der Waals surface area (Å²) in [6.45, 7) is 3.54. The van der Waals surface area contributed by atoms with E-state index in [0.717, 1.165) is 6.42 Å². The first-order chi connectivity index (χ1) is 13.7. The van der Waals surface area contributed by atoms with Gasteiger partial charge in [0.25, 0.3) is 0 Å². The number of carbonyl (C=O) groups is 1. The molecule has 2 amide bonds. The quantitative estimate of drug-likeness (QED) is 0.812. The molecule has 148 valence electrons. The van der Waals surface area contributed by atoms with Crippen molar-refractivity contribution in [1.82, 2.24) is 15.0 Å². The third-order valence-electron chi connectivity index (χ3n) is 4.48. The fourth-order valence-corrected chi connectivity index (χ4v) is 3.07. The van der Waals surface area contributed by atoms with Crippen LogP contribution in [0.3, 0.4) is 0 Å². The molecule has 0 bridgehead atoms. The SMILES string of the molecule is NC(=O)N(c1ccccc1)c1nc(O[C@H]2CCOC2)nc(N2CCOCC2)n1. The largest absolute Gasteiger partial charge is 0.457 e. The number of rotatable bonds is 5. The highest BCUT2D eigenvalue weighted by Gasteiger charge is 2.25. The molecule has 2 N–H and O–H groups in total. The number of hydrogen-bond acceptors (Lipinski definition) is 8. The number of benzene rings is 1. The van der Waals surface area contributed by atoms with E-state index in [1.54, 1.807) is 12.1 Å². The molecule has 1 aromatic heterocycles. The summed E-state index contributed by atoms with van der Waals surface area (Å²) in [6, 6.07) is 8.43. The number of hydrogen-bond donors (Lipinski definition) is 1. The average molecular weight is 386 g/mol. The number of nitrogens with two attached hydrogens (primary N) is 1. The van der Waals surface area contributed by atoms with Crippen LogP contribution in [-0.4, -0.2) is 66.6 Å². The third kappa shape index (κ3) is 4.12. The van der Waals surface area contributed by atoms with Crippen LogP contribution in [0.4, 0.5) is 22.4 Å². The Kier molecular flexibility index (Phi) is 5.49. The standard InChI is InChI=1S/C18H22N6O4/c19-15(25)24(13-4-2-1-3-5-13)17-20-16(23-7-10-26-11-8-23)21-18(22-17)28-14-6-9-27-12-14/h1-5,14H,6-12H2,(H2,19,25)/t14-/m0/s1. The van der Waals surface area contributed by atoms with Crippen molar-refractivity contribution in [3.05, 3.63) is 30.3 Å². The minimum Gasteiger partial charge on any atom is -0.457 e. The summed E-state index contributed by atoms with van der Waals surface area (Å²) in [4.78, 5) is 28.7. The van der Waals surface area contributed by atoms with Crippen LogP contribution in [0.25, 0.3) is 0 Å². The lowest BCUT2D eigenvalue weighted by Crippen LogP contribution is -2.38. The summed E-state index contributed by atoms with van der Waals surface area (Å²) in [7, 11) is 0. The zero-order valence-electron chi connectivity index (χ0n) is 15.4. The van der Waals surface area contributed by atoms with Crippen molar-refractivity contribution in [2.75, 3.05) is 49.3 Å². The highest BCUT2D eigenvalue weighted by molar-refractivity contribution is 5.96. The van der Waals surface area contributed by atoms with Gasteiger partial charge in [-0.15, -0.1) is 0 Å². The Bertz CT molecular complexity index is 809. The maximum absolute atomic E-state index is 12.2. The van der Waals surface area contributed by atoms with Gasteiger partial charge in [-0.05, 0) is 12.1 Å². The first-order valence-electron chi connectivity index (χ1n) is 9.18. The van der Waals surface area contributed by atoms with Gasteiger partial charge in [0.2, 0.25) is 11.9 Å². The van der Waals surface area contributed by atoms with Gasteiger partial charge in [0.1, 0.15) is 6.10 Å². The van der Waals surface area contributed by atoms with Crippen LogP contribution in [0.5, 0.6) is 6.01 Å². The van der Waals surface area contributed by atoms with Gasteiger partial charge < -0.3 is 24.8 Å². The molecule has 2 saturated heterocycles. The van der Waals surface area contributed by atoms with Crippen molar-refractivity contribution >= 4 is 23.6 Å². The van der Waals surface area contributed by atoms with Gasteiger partial charge in [0, 0.05) is 19.5 Å². The van der Waals surface area contributed by atoms with E-state index in [1.165, 1.54) is 4.90 Å². The number of carbonyl (C=O) groups excluding carboxylic acids is 1. The second kappa shape index (κ2) is 8.36. The molecule has 0 spiro atoms. The molecule has 0 aliphatic carbocycles. The molecule has 0 saturated carbocycles. The van der Waals surface area contributed by atoms with E-state index >= 15 is 0 Å². The summed E-state index contributed by atoms with van der Waals surface area (Å²) in [5, 5.41) is 0. The normalized spacial score (nSPS) is 19.4. The Hall–Kier alpha value is -2.98. The fourth-order valence-electron chi connectivity index (χ4n) is 3.07. The summed E-state index contributed by atoms with van der Waals surface area (Å²) in [5.74, 6) is 0.536. The third-order valence-corrected chi connectivity index (χ3v) is 4.48. The maximum Gasteiger partial charge on any atom is 0.326 e. The van der Waals surface area contributed by atoms with E-state index in [2.05, 4.69) is 15.0 Å². The molecule has 2 fully saturated rings. The molecule has 2 aliphatic rings. The number of primary amides is 1. The minimum absolute atomic E-state index is 0.115. The van der Waals surface area contributed by atoms with Gasteiger partial charge in [-0.1, -0.05) is 18.2 Å². The van der Waals surface area contributed by atoms with Crippen LogP contribution in [0.15, 0.2) is 30.3 Å². The van der Waals surface area contributed by atoms with Gasteiger partial charge >= 0.3 is 12.0 Å². The maximum atomic E-state index is 12.2. The molecular formula is C18H22N6O4. The lowest BCUT2D eigenvalue weighted by Gasteiger charge is -2.28. The molecular weight excluding hydrogens is 364 g/mol. The second-order valence-electron chi connectivity index (χ2n) is 6.43. The molecule has 1 atom stereocenters. The van der Waals surface area contributed by atoms with E-state index in [0.29, 0.717) is 51.2 Å². The molecule has 1 aromatic carbocycles. The summed E-state index contributed by atoms with van der Waals surface area (Å²) in [5.41, 5.74) is 6.19. The second-order valence-corrected chi connectivity index (χ2v) is 6.43. The number of amides is 2. The number of aromatic nitrogens is 3. The Balaban J connectivity index is 1.72. The number of para-hydroxylation sites is 1. The van der Waals surface area contributed by atoms with E-state index in [1.807, 2.05) is 23.1 Å². The Labute approximate surface area is 162 Å². The smallest absolute Gasteiger partial charge is 0.326 e. The highest BCUT2D eigenvalue weighted by Crippen LogP contribution is 2.26. The first kappa shape index (κ1) is 18.4. The average Bonchev–Trinajstić information content (AvgIpc) is 3.22. The van der Waals surface area contributed by atoms with E-state index in [4.69, 9.17) is 19.9 Å². The molecule has 2 aliphatic heterocycles. The predicted molar refractivity (Wildman–Crippen MR) is 101 cm³/mol. The van der Waals surface area contributed by atoms with Gasteiger partial charge in [-0.2, -0.15) is 15.0 Å². The van der Waals surface area contributed by atoms with Gasteiger partial charge in [-0.3, -0.25) is 0 Å². The van der Waals surface area contributed by atoms with Gasteiger partial charge in [0.15, 0.2) is 0 Å². The summed E-state index contributed by atoms with van der Waals surface area (Å²) < 4.78 is 16.6. The van der Waals surface area contributed by atoms with Crippen LogP contribution < -0.4 is 20.3 Å². The molecule has 28 heavy (non-hydrogen) atoms. The van der Waals surface area contributed by atoms with Crippen molar-refractivity contribution in [2.45, 2.75) is 12.5 Å². The number of morpholine rings is 1. The van der Waals surface area contributed by atoms with Gasteiger partial charge in [0.05, 0.1) is 32.1 Å². The first-order valence-corrected chi connectivity index (χ1v) is 9.18. The predicted octanol–water partition coefficient (Wildman–Crippen LogP) is 1.09. The van der Waals surface area contributed by atoms with Crippen molar-refractivity contribution in [3.63, 3.8) is 0 Å². The lowest BCUT2D eigenvalue weighted by atomic mass is 10.3. The number of urea groups is 1. The summed E-state index contributed by atoms with van der Waals surface area (Å²) >= 11 is 0. The highest BCUT2D eigenvalue weighted by atomic mass is 16.6. The zero-order valence-corrected chi connectivity index (χ0v) is 15.4. The van der Waals surface area contributed by atoms with Crippen LogP contribution in [0.2, 0.25) is 0 Å².